The number of hydrogen-bond acceptors (Lipinski definition) is 3. The Morgan fingerprint density at radius 2 is 1.88 bits per heavy atom. The monoisotopic (exact) mass is 387 g/mol. The zero-order valence-electron chi connectivity index (χ0n) is 15.1. The van der Waals surface area contributed by atoms with Crippen LogP contribution >= 0.6 is 12.4 Å². The first-order chi connectivity index (χ1) is 12.1. The number of piperazine rings is 1. The standard InChI is InChI=1S/C19H27F2N3O.ClH/c20-16-5-6-18(21)15(13-16)14-24(17-3-1-2-4-17)10-7-19(25)23-11-8-22-9-12-23;/h5-6,13,17,22H,1-4,7-12,14H2;1H. The second-order valence-electron chi connectivity index (χ2n) is 7.03. The van der Waals surface area contributed by atoms with Crippen molar-refractivity contribution >= 4 is 18.3 Å². The van der Waals surface area contributed by atoms with Crippen LogP contribution in [-0.4, -0.2) is 54.5 Å². The number of benzene rings is 1. The lowest BCUT2D eigenvalue weighted by molar-refractivity contribution is -0.132. The largest absolute Gasteiger partial charge is 0.340 e. The smallest absolute Gasteiger partial charge is 0.223 e. The Hall–Kier alpha value is -1.24. The third-order valence-corrected chi connectivity index (χ3v) is 5.30. The van der Waals surface area contributed by atoms with Crippen molar-refractivity contribution in [2.75, 3.05) is 32.7 Å². The van der Waals surface area contributed by atoms with Gasteiger partial charge in [0.15, 0.2) is 0 Å². The van der Waals surface area contributed by atoms with Crippen LogP contribution in [-0.2, 0) is 11.3 Å². The van der Waals surface area contributed by atoms with Crippen molar-refractivity contribution < 1.29 is 13.6 Å². The third kappa shape index (κ3) is 5.63. The summed E-state index contributed by atoms with van der Waals surface area (Å²) in [6.45, 7) is 4.15. The predicted octanol–water partition coefficient (Wildman–Crippen LogP) is 2.95. The average molecular weight is 388 g/mol. The first-order valence-corrected chi connectivity index (χ1v) is 9.30. The molecule has 26 heavy (non-hydrogen) atoms. The second kappa shape index (κ2) is 10.2. The molecule has 0 radical (unpaired) electrons. The zero-order chi connectivity index (χ0) is 17.6. The molecule has 0 spiro atoms. The molecule has 0 aromatic heterocycles. The SMILES string of the molecule is Cl.O=C(CCN(Cc1cc(F)ccc1F)C1CCCC1)N1CCNCC1. The normalized spacial score (nSPS) is 18.2. The van der Waals surface area contributed by atoms with E-state index in [1.165, 1.54) is 25.0 Å². The van der Waals surface area contributed by atoms with Gasteiger partial charge in [0.2, 0.25) is 5.91 Å². The number of halogens is 3. The Morgan fingerprint density at radius 3 is 2.58 bits per heavy atom. The van der Waals surface area contributed by atoms with E-state index < -0.39 is 5.82 Å². The molecule has 1 aromatic carbocycles. The number of carbonyl (C=O) groups excluding carboxylic acids is 1. The molecule has 1 heterocycles. The van der Waals surface area contributed by atoms with Crippen molar-refractivity contribution in [2.24, 2.45) is 0 Å². The molecule has 0 unspecified atom stereocenters. The van der Waals surface area contributed by atoms with Crippen LogP contribution in [0.1, 0.15) is 37.7 Å². The highest BCUT2D eigenvalue weighted by Crippen LogP contribution is 2.26. The number of amides is 1. The van der Waals surface area contributed by atoms with Gasteiger partial charge in [0.1, 0.15) is 11.6 Å². The second-order valence-corrected chi connectivity index (χ2v) is 7.03. The van der Waals surface area contributed by atoms with Gasteiger partial charge in [0.05, 0.1) is 0 Å². The van der Waals surface area contributed by atoms with E-state index >= 15 is 0 Å². The summed E-state index contributed by atoms with van der Waals surface area (Å²) in [5.74, 6) is -0.637. The molecule has 1 saturated carbocycles. The Balaban J connectivity index is 0.00000243. The van der Waals surface area contributed by atoms with Gasteiger partial charge >= 0.3 is 0 Å². The fourth-order valence-electron chi connectivity index (χ4n) is 3.86. The van der Waals surface area contributed by atoms with Crippen LogP contribution in [0.2, 0.25) is 0 Å². The van der Waals surface area contributed by atoms with E-state index in [4.69, 9.17) is 0 Å². The lowest BCUT2D eigenvalue weighted by atomic mass is 10.1. The summed E-state index contributed by atoms with van der Waals surface area (Å²) in [6, 6.07) is 3.96. The van der Waals surface area contributed by atoms with Gasteiger partial charge in [0, 0.05) is 57.3 Å². The van der Waals surface area contributed by atoms with Crippen LogP contribution in [0, 0.1) is 11.6 Å². The maximum atomic E-state index is 14.0. The van der Waals surface area contributed by atoms with E-state index in [-0.39, 0.29) is 24.1 Å². The fraction of sp³-hybridized carbons (Fsp3) is 0.632. The molecule has 7 heteroatoms. The Morgan fingerprint density at radius 1 is 1.19 bits per heavy atom. The number of hydrogen-bond donors (Lipinski definition) is 1. The van der Waals surface area contributed by atoms with Gasteiger partial charge in [-0.15, -0.1) is 12.4 Å². The number of nitrogens with one attached hydrogen (secondary N) is 1. The van der Waals surface area contributed by atoms with E-state index in [2.05, 4.69) is 10.2 Å². The molecule has 0 atom stereocenters. The molecule has 0 bridgehead atoms. The van der Waals surface area contributed by atoms with Gasteiger partial charge in [0.25, 0.3) is 0 Å². The average Bonchev–Trinajstić information content (AvgIpc) is 3.16. The molecule has 146 valence electrons. The van der Waals surface area contributed by atoms with Crippen LogP contribution in [0.15, 0.2) is 18.2 Å². The molecule has 4 nitrogen and oxygen atoms in total. The predicted molar refractivity (Wildman–Crippen MR) is 100 cm³/mol. The molecular weight excluding hydrogens is 360 g/mol. The Kier molecular flexibility index (Phi) is 8.25. The van der Waals surface area contributed by atoms with Gasteiger partial charge < -0.3 is 10.2 Å². The molecule has 2 fully saturated rings. The van der Waals surface area contributed by atoms with Gasteiger partial charge in [-0.25, -0.2) is 8.78 Å². The summed E-state index contributed by atoms with van der Waals surface area (Å²) in [6.07, 6.45) is 4.90. The quantitative estimate of drug-likeness (QED) is 0.815. The Labute approximate surface area is 160 Å². The lowest BCUT2D eigenvalue weighted by Crippen LogP contribution is -2.47. The minimum atomic E-state index is -0.417. The van der Waals surface area contributed by atoms with Crippen molar-refractivity contribution in [3.8, 4) is 0 Å². The highest BCUT2D eigenvalue weighted by molar-refractivity contribution is 5.85. The van der Waals surface area contributed by atoms with Gasteiger partial charge in [-0.2, -0.15) is 0 Å². The van der Waals surface area contributed by atoms with Crippen LogP contribution in [0.3, 0.4) is 0 Å². The van der Waals surface area contributed by atoms with E-state index in [0.717, 1.165) is 45.1 Å². The highest BCUT2D eigenvalue weighted by Gasteiger charge is 2.25. The van der Waals surface area contributed by atoms with Gasteiger partial charge in [-0.1, -0.05) is 12.8 Å². The van der Waals surface area contributed by atoms with E-state index in [1.807, 2.05) is 4.90 Å². The topological polar surface area (TPSA) is 35.6 Å². The Bertz CT molecular complexity index is 590. The summed E-state index contributed by atoms with van der Waals surface area (Å²) >= 11 is 0. The van der Waals surface area contributed by atoms with Crippen molar-refractivity contribution in [1.29, 1.82) is 0 Å². The summed E-state index contributed by atoms with van der Waals surface area (Å²) in [5.41, 5.74) is 0.376. The van der Waals surface area contributed by atoms with Crippen molar-refractivity contribution in [2.45, 2.75) is 44.7 Å². The molecule has 3 rings (SSSR count). The number of rotatable bonds is 6. The van der Waals surface area contributed by atoms with Crippen LogP contribution in [0.5, 0.6) is 0 Å². The van der Waals surface area contributed by atoms with Gasteiger partial charge in [-0.3, -0.25) is 9.69 Å². The van der Waals surface area contributed by atoms with Crippen LogP contribution in [0.25, 0.3) is 0 Å². The minimum Gasteiger partial charge on any atom is -0.340 e. The van der Waals surface area contributed by atoms with E-state index in [9.17, 15) is 13.6 Å². The number of carbonyl (C=O) groups is 1. The molecule has 1 N–H and O–H groups in total. The van der Waals surface area contributed by atoms with Crippen LogP contribution in [0.4, 0.5) is 8.78 Å². The molecule has 1 saturated heterocycles. The first kappa shape index (κ1) is 21.1. The highest BCUT2D eigenvalue weighted by atomic mass is 35.5. The summed E-state index contributed by atoms with van der Waals surface area (Å²) in [7, 11) is 0. The van der Waals surface area contributed by atoms with E-state index in [0.29, 0.717) is 31.1 Å². The summed E-state index contributed by atoms with van der Waals surface area (Å²) in [4.78, 5) is 16.5. The fourth-order valence-corrected chi connectivity index (χ4v) is 3.86. The maximum absolute atomic E-state index is 14.0. The van der Waals surface area contributed by atoms with E-state index in [1.54, 1.807) is 0 Å². The zero-order valence-corrected chi connectivity index (χ0v) is 15.9. The maximum Gasteiger partial charge on any atom is 0.223 e. The van der Waals surface area contributed by atoms with Crippen molar-refractivity contribution in [3.63, 3.8) is 0 Å². The molecule has 2 aliphatic rings. The van der Waals surface area contributed by atoms with Gasteiger partial charge in [-0.05, 0) is 31.0 Å². The summed E-state index contributed by atoms with van der Waals surface area (Å²) in [5, 5.41) is 3.24. The van der Waals surface area contributed by atoms with Crippen molar-refractivity contribution in [1.82, 2.24) is 15.1 Å². The molecule has 1 aliphatic carbocycles. The molecule has 1 aromatic rings. The number of nitrogens with zero attached hydrogens (tertiary/aromatic N) is 2. The minimum absolute atomic E-state index is 0. The molecule has 1 amide bonds. The lowest BCUT2D eigenvalue weighted by Gasteiger charge is -2.31. The third-order valence-electron chi connectivity index (χ3n) is 5.30. The molecule has 1 aliphatic heterocycles. The van der Waals surface area contributed by atoms with Crippen LogP contribution < -0.4 is 5.32 Å². The summed E-state index contributed by atoms with van der Waals surface area (Å²) < 4.78 is 27.5. The van der Waals surface area contributed by atoms with Crippen molar-refractivity contribution in [3.05, 3.63) is 35.4 Å². The molecular formula is C19H28ClF2N3O. The first-order valence-electron chi connectivity index (χ1n) is 9.30.